The number of nitrogens with zero attached hydrogens (tertiary/aromatic N) is 2. The van der Waals surface area contributed by atoms with Crippen molar-refractivity contribution in [2.45, 2.75) is 26.7 Å². The van der Waals surface area contributed by atoms with Gasteiger partial charge in [0, 0.05) is 26.7 Å². The summed E-state index contributed by atoms with van der Waals surface area (Å²) < 4.78 is 5.03. The van der Waals surface area contributed by atoms with Gasteiger partial charge in [0.1, 0.15) is 0 Å². The quantitative estimate of drug-likeness (QED) is 0.672. The minimum absolute atomic E-state index is 0.844. The topological polar surface area (TPSA) is 15.7 Å². The molecule has 0 radical (unpaired) electrons. The van der Waals surface area contributed by atoms with Crippen molar-refractivity contribution in [3.05, 3.63) is 0 Å². The maximum absolute atomic E-state index is 5.03. The fraction of sp³-hybridized carbons (Fsp3) is 1.00. The molecule has 0 bridgehead atoms. The van der Waals surface area contributed by atoms with Crippen LogP contribution in [0.15, 0.2) is 0 Å². The molecule has 0 aliphatic carbocycles. The van der Waals surface area contributed by atoms with Crippen LogP contribution in [0.5, 0.6) is 0 Å². The van der Waals surface area contributed by atoms with Crippen LogP contribution in [0, 0.1) is 0 Å². The highest BCUT2D eigenvalue weighted by Gasteiger charge is 2.11. The molecule has 1 fully saturated rings. The summed E-state index contributed by atoms with van der Waals surface area (Å²) in [7, 11) is 3.92. The molecule has 3 nitrogen and oxygen atoms in total. The average molecular weight is 216 g/mol. The van der Waals surface area contributed by atoms with E-state index in [0.717, 1.165) is 13.2 Å². The van der Waals surface area contributed by atoms with Gasteiger partial charge in [-0.05, 0) is 33.0 Å². The normalized spacial score (nSPS) is 16.6. The molecular formula is C12H28N2O. The van der Waals surface area contributed by atoms with Crippen LogP contribution in [0.25, 0.3) is 0 Å². The summed E-state index contributed by atoms with van der Waals surface area (Å²) in [5.74, 6) is 0. The number of hydrogen-bond acceptors (Lipinski definition) is 3. The molecule has 0 saturated carbocycles. The molecule has 0 aromatic rings. The summed E-state index contributed by atoms with van der Waals surface area (Å²) in [6, 6.07) is 0. The molecule has 15 heavy (non-hydrogen) atoms. The number of ether oxygens (including phenoxy) is 1. The molecule has 3 heteroatoms. The number of hydrogen-bond donors (Lipinski definition) is 0. The number of methoxy groups -OCH3 is 1. The van der Waals surface area contributed by atoms with Crippen LogP contribution >= 0.6 is 0 Å². The number of likely N-dealkylation sites (N-methyl/N-ethyl adjacent to an activating group) is 1. The van der Waals surface area contributed by atoms with Gasteiger partial charge in [-0.3, -0.25) is 0 Å². The standard InChI is InChI=1S/C10H22N2O.C2H6/c1-11(9-10-13-2)7-8-12-5-3-4-6-12;1-2/h3-10H2,1-2H3;1-2H3. The average Bonchev–Trinajstić information content (AvgIpc) is 2.79. The first-order chi connectivity index (χ1) is 7.33. The Morgan fingerprint density at radius 3 is 2.27 bits per heavy atom. The van der Waals surface area contributed by atoms with Crippen molar-refractivity contribution in [2.75, 3.05) is 53.5 Å². The Kier molecular flexibility index (Phi) is 10.3. The van der Waals surface area contributed by atoms with Gasteiger partial charge in [0.05, 0.1) is 6.61 Å². The molecule has 1 aliphatic heterocycles. The van der Waals surface area contributed by atoms with Gasteiger partial charge in [-0.25, -0.2) is 0 Å². The summed E-state index contributed by atoms with van der Waals surface area (Å²) in [4.78, 5) is 4.88. The van der Waals surface area contributed by atoms with Crippen molar-refractivity contribution in [3.8, 4) is 0 Å². The predicted molar refractivity (Wildman–Crippen MR) is 66.4 cm³/mol. The zero-order chi connectivity index (χ0) is 11.5. The van der Waals surface area contributed by atoms with Gasteiger partial charge >= 0.3 is 0 Å². The highest BCUT2D eigenvalue weighted by molar-refractivity contribution is 4.67. The van der Waals surface area contributed by atoms with Gasteiger partial charge in [0.25, 0.3) is 0 Å². The molecule has 0 atom stereocenters. The molecule has 0 N–H and O–H groups in total. The summed E-state index contributed by atoms with van der Waals surface area (Å²) in [6.45, 7) is 10.9. The predicted octanol–water partition coefficient (Wildman–Crippen LogP) is 1.69. The highest BCUT2D eigenvalue weighted by Crippen LogP contribution is 2.06. The first-order valence-electron chi connectivity index (χ1n) is 6.23. The molecule has 0 aromatic carbocycles. The summed E-state index contributed by atoms with van der Waals surface area (Å²) >= 11 is 0. The molecule has 1 heterocycles. The zero-order valence-corrected chi connectivity index (χ0v) is 11.0. The third-order valence-electron chi connectivity index (χ3n) is 2.67. The molecule has 0 unspecified atom stereocenters. The van der Waals surface area contributed by atoms with Gasteiger partial charge in [0.15, 0.2) is 0 Å². The monoisotopic (exact) mass is 216 g/mol. The van der Waals surface area contributed by atoms with E-state index in [4.69, 9.17) is 4.74 Å². The van der Waals surface area contributed by atoms with E-state index < -0.39 is 0 Å². The second kappa shape index (κ2) is 10.4. The van der Waals surface area contributed by atoms with E-state index in [2.05, 4.69) is 16.8 Å². The number of likely N-dealkylation sites (tertiary alicyclic amines) is 1. The molecule has 1 saturated heterocycles. The summed E-state index contributed by atoms with van der Waals surface area (Å²) in [5.41, 5.74) is 0. The minimum atomic E-state index is 0.844. The van der Waals surface area contributed by atoms with E-state index in [0.29, 0.717) is 0 Å². The van der Waals surface area contributed by atoms with E-state index in [1.54, 1.807) is 7.11 Å². The first kappa shape index (κ1) is 14.9. The lowest BCUT2D eigenvalue weighted by Gasteiger charge is -2.20. The van der Waals surface area contributed by atoms with Crippen LogP contribution in [-0.4, -0.2) is 63.3 Å². The highest BCUT2D eigenvalue weighted by atomic mass is 16.5. The third kappa shape index (κ3) is 7.77. The van der Waals surface area contributed by atoms with Crippen molar-refractivity contribution in [2.24, 2.45) is 0 Å². The van der Waals surface area contributed by atoms with Gasteiger partial charge in [-0.2, -0.15) is 0 Å². The lowest BCUT2D eigenvalue weighted by atomic mass is 10.4. The number of rotatable bonds is 6. The molecule has 1 rings (SSSR count). The van der Waals surface area contributed by atoms with E-state index in [-0.39, 0.29) is 0 Å². The second-order valence-electron chi connectivity index (χ2n) is 3.84. The van der Waals surface area contributed by atoms with Crippen LogP contribution in [0.1, 0.15) is 26.7 Å². The molecule has 92 valence electrons. The Morgan fingerprint density at radius 1 is 1.13 bits per heavy atom. The molecule has 0 spiro atoms. The summed E-state index contributed by atoms with van der Waals surface area (Å²) in [5, 5.41) is 0. The van der Waals surface area contributed by atoms with Crippen LogP contribution in [0.4, 0.5) is 0 Å². The van der Waals surface area contributed by atoms with Crippen LogP contribution < -0.4 is 0 Å². The van der Waals surface area contributed by atoms with E-state index in [1.165, 1.54) is 39.0 Å². The Bertz CT molecular complexity index is 125. The van der Waals surface area contributed by atoms with Gasteiger partial charge < -0.3 is 14.5 Å². The van der Waals surface area contributed by atoms with Crippen molar-refractivity contribution < 1.29 is 4.74 Å². The zero-order valence-electron chi connectivity index (χ0n) is 11.0. The lowest BCUT2D eigenvalue weighted by Crippen LogP contribution is -2.33. The molecule has 1 aliphatic rings. The second-order valence-corrected chi connectivity index (χ2v) is 3.84. The largest absolute Gasteiger partial charge is 0.383 e. The maximum atomic E-state index is 5.03. The van der Waals surface area contributed by atoms with Gasteiger partial charge in [-0.1, -0.05) is 13.8 Å². The van der Waals surface area contributed by atoms with Gasteiger partial charge in [-0.15, -0.1) is 0 Å². The van der Waals surface area contributed by atoms with Gasteiger partial charge in [0.2, 0.25) is 0 Å². The van der Waals surface area contributed by atoms with Crippen LogP contribution in [0.3, 0.4) is 0 Å². The van der Waals surface area contributed by atoms with Crippen molar-refractivity contribution >= 4 is 0 Å². The third-order valence-corrected chi connectivity index (χ3v) is 2.67. The Morgan fingerprint density at radius 2 is 1.73 bits per heavy atom. The van der Waals surface area contributed by atoms with Crippen LogP contribution in [0.2, 0.25) is 0 Å². The van der Waals surface area contributed by atoms with E-state index in [9.17, 15) is 0 Å². The molecular weight excluding hydrogens is 188 g/mol. The van der Waals surface area contributed by atoms with Crippen LogP contribution in [-0.2, 0) is 4.74 Å². The van der Waals surface area contributed by atoms with Crippen molar-refractivity contribution in [1.29, 1.82) is 0 Å². The minimum Gasteiger partial charge on any atom is -0.383 e. The fourth-order valence-electron chi connectivity index (χ4n) is 1.68. The van der Waals surface area contributed by atoms with Crippen molar-refractivity contribution in [3.63, 3.8) is 0 Å². The van der Waals surface area contributed by atoms with E-state index >= 15 is 0 Å². The lowest BCUT2D eigenvalue weighted by molar-refractivity contribution is 0.154. The first-order valence-corrected chi connectivity index (χ1v) is 6.23. The fourth-order valence-corrected chi connectivity index (χ4v) is 1.68. The smallest absolute Gasteiger partial charge is 0.0589 e. The SMILES string of the molecule is CC.COCCN(C)CCN1CCCC1. The van der Waals surface area contributed by atoms with Crippen molar-refractivity contribution in [1.82, 2.24) is 9.80 Å². The molecule has 0 aromatic heterocycles. The van der Waals surface area contributed by atoms with E-state index in [1.807, 2.05) is 13.8 Å². The summed E-state index contributed by atoms with van der Waals surface area (Å²) in [6.07, 6.45) is 2.78. The Labute approximate surface area is 95.4 Å². The molecule has 0 amide bonds. The Hall–Kier alpha value is -0.120. The maximum Gasteiger partial charge on any atom is 0.0589 e. The Balaban J connectivity index is 0.000000921.